The quantitative estimate of drug-likeness (QED) is 0.116. The van der Waals surface area contributed by atoms with Gasteiger partial charge in [0.1, 0.15) is 0 Å². The lowest BCUT2D eigenvalue weighted by Crippen LogP contribution is -2.74. The van der Waals surface area contributed by atoms with Crippen LogP contribution in [0.4, 0.5) is 16.2 Å². The fraction of sp³-hybridized carbons (Fsp3) is 0.250. The van der Waals surface area contributed by atoms with Crippen LogP contribution in [0.3, 0.4) is 0 Å². The van der Waals surface area contributed by atoms with Crippen LogP contribution in [0.1, 0.15) is 18.9 Å². The molecular weight excluding hydrogens is 484 g/mol. The topological polar surface area (TPSA) is 200 Å². The number of anilines is 2. The molecule has 0 bridgehead atoms. The predicted octanol–water partition coefficient (Wildman–Crippen LogP) is 0.672. The predicted molar refractivity (Wildman–Crippen MR) is 135 cm³/mol. The lowest BCUT2D eigenvalue weighted by Gasteiger charge is -2.45. The average molecular weight is 513 g/mol. The van der Waals surface area contributed by atoms with Crippen molar-refractivity contribution in [3.8, 4) is 0 Å². The van der Waals surface area contributed by atoms with Crippen LogP contribution in [0.5, 0.6) is 0 Å². The molecule has 13 heteroatoms. The van der Waals surface area contributed by atoms with Crippen LogP contribution in [-0.4, -0.2) is 76.8 Å². The van der Waals surface area contributed by atoms with Gasteiger partial charge in [0.25, 0.3) is 5.66 Å². The summed E-state index contributed by atoms with van der Waals surface area (Å²) < 4.78 is 0. The maximum atomic E-state index is 13.5. The second kappa shape index (κ2) is 11.8. The lowest BCUT2D eigenvalue weighted by atomic mass is 9.98. The molecule has 0 radical (unpaired) electrons. The van der Waals surface area contributed by atoms with Crippen molar-refractivity contribution in [1.82, 2.24) is 4.90 Å². The minimum Gasteiger partial charge on any atom is -0.481 e. The molecule has 0 heterocycles. The van der Waals surface area contributed by atoms with Gasteiger partial charge in [-0.3, -0.25) is 29.1 Å². The zero-order valence-electron chi connectivity index (χ0n) is 20.4. The first-order valence-corrected chi connectivity index (χ1v) is 10.8. The molecule has 0 aromatic heterocycles. The molecule has 13 nitrogen and oxygen atoms in total. The van der Waals surface area contributed by atoms with Crippen LogP contribution in [0.2, 0.25) is 0 Å². The van der Waals surface area contributed by atoms with Crippen molar-refractivity contribution in [2.75, 3.05) is 23.9 Å². The van der Waals surface area contributed by atoms with Crippen LogP contribution >= 0.6 is 0 Å². The van der Waals surface area contributed by atoms with Gasteiger partial charge >= 0.3 is 18.0 Å². The van der Waals surface area contributed by atoms with Gasteiger partial charge in [-0.25, -0.2) is 9.59 Å². The molecule has 196 valence electrons. The number of hydrogen-bond donors (Lipinski definition) is 4. The number of rotatable bonds is 10. The van der Waals surface area contributed by atoms with Gasteiger partial charge in [-0.1, -0.05) is 30.3 Å². The van der Waals surface area contributed by atoms with E-state index in [1.807, 2.05) is 0 Å². The van der Waals surface area contributed by atoms with E-state index in [2.05, 4.69) is 5.10 Å². The van der Waals surface area contributed by atoms with Gasteiger partial charge in [-0.05, 0) is 36.8 Å². The van der Waals surface area contributed by atoms with Crippen LogP contribution < -0.4 is 21.4 Å². The van der Waals surface area contributed by atoms with E-state index >= 15 is 0 Å². The zero-order chi connectivity index (χ0) is 27.9. The molecule has 0 fully saturated rings. The van der Waals surface area contributed by atoms with Crippen LogP contribution in [0, 0.1) is 0 Å². The normalized spacial score (nSPS) is 13.3. The van der Waals surface area contributed by atoms with Gasteiger partial charge in [-0.15, -0.1) is 0 Å². The first-order valence-electron chi connectivity index (χ1n) is 10.8. The molecular formula is C24H28N6O7. The van der Waals surface area contributed by atoms with E-state index in [9.17, 15) is 29.1 Å². The molecule has 3 amide bonds. The molecule has 0 aliphatic rings. The van der Waals surface area contributed by atoms with E-state index < -0.39 is 47.8 Å². The minimum atomic E-state index is -2.91. The number of ketones is 1. The Morgan fingerprint density at radius 2 is 1.54 bits per heavy atom. The fourth-order valence-corrected chi connectivity index (χ4v) is 3.77. The number of carbonyl (C=O) groups is 5. The van der Waals surface area contributed by atoms with Gasteiger partial charge in [-0.2, -0.15) is 5.10 Å². The highest BCUT2D eigenvalue weighted by atomic mass is 16.4. The highest BCUT2D eigenvalue weighted by Gasteiger charge is 2.58. The second-order valence-electron chi connectivity index (χ2n) is 8.02. The smallest absolute Gasteiger partial charge is 0.359 e. The molecule has 0 spiro atoms. The van der Waals surface area contributed by atoms with Crippen molar-refractivity contribution in [3.05, 3.63) is 60.2 Å². The molecule has 2 aromatic rings. The molecule has 0 aliphatic heterocycles. The van der Waals surface area contributed by atoms with E-state index in [1.54, 1.807) is 30.3 Å². The number of aliphatic carboxylic acids is 2. The molecule has 0 saturated carbocycles. The summed E-state index contributed by atoms with van der Waals surface area (Å²) in [7, 11) is 2.40. The van der Waals surface area contributed by atoms with Crippen molar-refractivity contribution in [2.24, 2.45) is 16.7 Å². The number of amides is 3. The fourth-order valence-electron chi connectivity index (χ4n) is 3.77. The summed E-state index contributed by atoms with van der Waals surface area (Å²) in [5.41, 5.74) is 3.78. The van der Waals surface area contributed by atoms with Gasteiger partial charge in [0.05, 0.1) is 18.7 Å². The maximum Gasteiger partial charge on any atom is 0.359 e. The number of benzene rings is 2. The number of Topliss-reactive ketones (excluding diaryl/α,β-unsaturated/α-hetero) is 1. The van der Waals surface area contributed by atoms with Crippen LogP contribution in [0.25, 0.3) is 0 Å². The monoisotopic (exact) mass is 512 g/mol. The third kappa shape index (κ3) is 5.73. The number of nitrogens with zero attached hydrogens (tertiary/aromatic N) is 4. The number of likely N-dealkylation sites (N-methyl/N-ethyl adjacent to an activating group) is 1. The highest BCUT2D eigenvalue weighted by Crippen LogP contribution is 2.31. The summed E-state index contributed by atoms with van der Waals surface area (Å²) in [6.45, 7) is 0.908. The Bertz CT molecular complexity index is 1190. The minimum absolute atomic E-state index is 0.0846. The third-order valence-electron chi connectivity index (χ3n) is 5.62. The standard InChI is InChI=1S/C24H28N6O7/c1-15(31)24(22(35)36,29(3)23(37)28(2)17-11-9-16(10-12-17)14-27-26)30(18-7-5-4-6-8-18)21(34)19(25)13-20(32)33/h4-12,14,19H,13,25-26H2,1-3H3,(H,32,33)(H,35,36)/t19-,24-/m0/s1. The first kappa shape index (κ1) is 28.5. The van der Waals surface area contributed by atoms with Crippen molar-refractivity contribution in [1.29, 1.82) is 0 Å². The summed E-state index contributed by atoms with van der Waals surface area (Å²) in [5.74, 6) is -0.405. The second-order valence-corrected chi connectivity index (χ2v) is 8.02. The number of carbonyl (C=O) groups excluding carboxylic acids is 3. The van der Waals surface area contributed by atoms with E-state index in [0.29, 0.717) is 21.1 Å². The van der Waals surface area contributed by atoms with Crippen molar-refractivity contribution in [2.45, 2.75) is 25.0 Å². The number of hydrazone groups is 1. The van der Waals surface area contributed by atoms with Gasteiger partial charge in [0.15, 0.2) is 5.78 Å². The zero-order valence-corrected chi connectivity index (χ0v) is 20.4. The number of nitrogens with two attached hydrogens (primary N) is 2. The van der Waals surface area contributed by atoms with E-state index in [4.69, 9.17) is 16.7 Å². The third-order valence-corrected chi connectivity index (χ3v) is 5.62. The van der Waals surface area contributed by atoms with Crippen molar-refractivity contribution < 1.29 is 34.2 Å². The van der Waals surface area contributed by atoms with E-state index in [0.717, 1.165) is 18.9 Å². The van der Waals surface area contributed by atoms with Crippen LogP contribution in [-0.2, 0) is 19.2 Å². The SMILES string of the molecule is CC(=O)[C@](C(=O)O)(N(C)C(=O)N(C)c1ccc(C=NN)cc1)N(C(=O)[C@@H](N)CC(=O)O)c1ccccc1. The molecule has 2 aromatic carbocycles. The highest BCUT2D eigenvalue weighted by molar-refractivity contribution is 6.19. The summed E-state index contributed by atoms with van der Waals surface area (Å²) in [4.78, 5) is 66.4. The molecule has 0 aliphatic carbocycles. The Kier molecular flexibility index (Phi) is 9.05. The number of carboxylic acid groups (broad SMARTS) is 2. The molecule has 37 heavy (non-hydrogen) atoms. The molecule has 0 unspecified atom stereocenters. The summed E-state index contributed by atoms with van der Waals surface area (Å²) in [5, 5.41) is 22.9. The Morgan fingerprint density at radius 1 is 0.973 bits per heavy atom. The Morgan fingerprint density at radius 3 is 2.00 bits per heavy atom. The van der Waals surface area contributed by atoms with E-state index in [1.165, 1.54) is 37.5 Å². The Hall–Kier alpha value is -4.78. The number of hydrogen-bond acceptors (Lipinski definition) is 8. The molecule has 2 atom stereocenters. The van der Waals surface area contributed by atoms with Gasteiger partial charge in [0.2, 0.25) is 5.91 Å². The van der Waals surface area contributed by atoms with Gasteiger partial charge < -0.3 is 21.8 Å². The number of carboxylic acids is 2. The average Bonchev–Trinajstić information content (AvgIpc) is 2.85. The van der Waals surface area contributed by atoms with Crippen LogP contribution in [0.15, 0.2) is 59.7 Å². The summed E-state index contributed by atoms with van der Waals surface area (Å²) >= 11 is 0. The first-order chi connectivity index (χ1) is 17.4. The summed E-state index contributed by atoms with van der Waals surface area (Å²) in [6, 6.07) is 10.8. The van der Waals surface area contributed by atoms with Gasteiger partial charge in [0, 0.05) is 25.5 Å². The summed E-state index contributed by atoms with van der Waals surface area (Å²) in [6.07, 6.45) is 0.540. The van der Waals surface area contributed by atoms with Crippen molar-refractivity contribution in [3.63, 3.8) is 0 Å². The number of para-hydroxylation sites is 1. The molecule has 6 N–H and O–H groups in total. The number of urea groups is 1. The molecule has 2 rings (SSSR count). The Labute approximate surface area is 212 Å². The van der Waals surface area contributed by atoms with Crippen molar-refractivity contribution >= 4 is 47.2 Å². The maximum absolute atomic E-state index is 13.5. The lowest BCUT2D eigenvalue weighted by molar-refractivity contribution is -0.156. The Balaban J connectivity index is 2.68. The largest absolute Gasteiger partial charge is 0.481 e. The van der Waals surface area contributed by atoms with E-state index in [-0.39, 0.29) is 5.69 Å². The molecule has 0 saturated heterocycles.